The van der Waals surface area contributed by atoms with Gasteiger partial charge in [-0.1, -0.05) is 72.3 Å². The minimum Gasteiger partial charge on any atom is -0.438 e. The number of benzene rings is 2. The Morgan fingerprint density at radius 2 is 1.69 bits per heavy atom. The number of carbonyl (C=O) groups excluding carboxylic acids is 1. The summed E-state index contributed by atoms with van der Waals surface area (Å²) in [7, 11) is 0. The van der Waals surface area contributed by atoms with Gasteiger partial charge < -0.3 is 14.0 Å². The summed E-state index contributed by atoms with van der Waals surface area (Å²) in [6.45, 7) is 4.63. The smallest absolute Gasteiger partial charge is 0.305 e. The molecule has 0 radical (unpaired) electrons. The van der Waals surface area contributed by atoms with E-state index in [1.165, 1.54) is 6.92 Å². The Labute approximate surface area is 191 Å². The van der Waals surface area contributed by atoms with Crippen molar-refractivity contribution in [2.24, 2.45) is 0 Å². The van der Waals surface area contributed by atoms with Crippen LogP contribution in [0.15, 0.2) is 70.0 Å². The molecule has 1 aliphatic rings. The Morgan fingerprint density at radius 3 is 2.31 bits per heavy atom. The number of halogens is 1. The number of morpholine rings is 1. The molecule has 0 spiro atoms. The van der Waals surface area contributed by atoms with Crippen molar-refractivity contribution in [1.82, 2.24) is 9.64 Å². The number of ether oxygens (including phenoxy) is 2. The van der Waals surface area contributed by atoms with Crippen LogP contribution in [0.5, 0.6) is 0 Å². The van der Waals surface area contributed by atoms with Crippen LogP contribution < -0.4 is 5.56 Å². The quantitative estimate of drug-likeness (QED) is 0.501. The van der Waals surface area contributed by atoms with Crippen molar-refractivity contribution in [2.45, 2.75) is 19.1 Å². The van der Waals surface area contributed by atoms with Crippen molar-refractivity contribution in [3.63, 3.8) is 0 Å². The second kappa shape index (κ2) is 10.2. The largest absolute Gasteiger partial charge is 0.438 e. The lowest BCUT2D eigenvalue weighted by molar-refractivity contribution is -0.159. The van der Waals surface area contributed by atoms with Crippen molar-refractivity contribution in [3.8, 4) is 11.3 Å². The number of esters is 1. The highest BCUT2D eigenvalue weighted by Crippen LogP contribution is 2.34. The molecule has 0 bridgehead atoms. The molecule has 0 saturated carbocycles. The van der Waals surface area contributed by atoms with Crippen LogP contribution in [0.1, 0.15) is 24.6 Å². The maximum Gasteiger partial charge on any atom is 0.305 e. The number of hydrogen-bond acceptors (Lipinski definition) is 6. The van der Waals surface area contributed by atoms with Gasteiger partial charge in [-0.25, -0.2) is 0 Å². The molecule has 0 amide bonds. The molecule has 0 N–H and O–H groups in total. The number of rotatable bonds is 7. The van der Waals surface area contributed by atoms with E-state index in [4.69, 9.17) is 25.6 Å². The highest BCUT2D eigenvalue weighted by atomic mass is 35.5. The summed E-state index contributed by atoms with van der Waals surface area (Å²) in [6.07, 6.45) is -1.000. The third kappa shape index (κ3) is 4.96. The van der Waals surface area contributed by atoms with Crippen LogP contribution in [-0.4, -0.2) is 48.5 Å². The Hall–Kier alpha value is -2.87. The van der Waals surface area contributed by atoms with Gasteiger partial charge in [0, 0.05) is 32.1 Å². The van der Waals surface area contributed by atoms with Gasteiger partial charge in [-0.05, 0) is 5.56 Å². The molecule has 3 aromatic rings. The topological polar surface area (TPSA) is 73.9 Å². The molecule has 4 rings (SSSR count). The zero-order chi connectivity index (χ0) is 22.5. The zero-order valence-corrected chi connectivity index (χ0v) is 18.5. The van der Waals surface area contributed by atoms with Gasteiger partial charge in [0.15, 0.2) is 10.8 Å². The molecule has 0 aliphatic carbocycles. The van der Waals surface area contributed by atoms with E-state index in [-0.39, 0.29) is 16.7 Å². The third-order valence-corrected chi connectivity index (χ3v) is 5.79. The normalized spacial score (nSPS) is 16.4. The zero-order valence-electron chi connectivity index (χ0n) is 17.8. The van der Waals surface area contributed by atoms with Crippen LogP contribution in [-0.2, 0) is 14.3 Å². The van der Waals surface area contributed by atoms with Gasteiger partial charge in [0.1, 0.15) is 0 Å². The summed E-state index contributed by atoms with van der Waals surface area (Å²) >= 11 is 6.38. The van der Waals surface area contributed by atoms with Crippen LogP contribution in [0.3, 0.4) is 0 Å². The van der Waals surface area contributed by atoms with Crippen LogP contribution in [0.25, 0.3) is 11.3 Å². The fraction of sp³-hybridized carbons (Fsp3) is 0.333. The SMILES string of the molecule is CC(=O)OC(C(CN1CCOCC1)c1ccccc1)n1oc(-c2ccccc2)c(Cl)c1=O. The Balaban J connectivity index is 1.78. The van der Waals surface area contributed by atoms with Crippen molar-refractivity contribution in [3.05, 3.63) is 81.6 Å². The first-order valence-corrected chi connectivity index (χ1v) is 10.9. The van der Waals surface area contributed by atoms with Gasteiger partial charge in [-0.2, -0.15) is 0 Å². The first-order valence-electron chi connectivity index (χ1n) is 10.5. The lowest BCUT2D eigenvalue weighted by Gasteiger charge is -2.33. The van der Waals surface area contributed by atoms with Gasteiger partial charge in [-0.15, -0.1) is 4.74 Å². The van der Waals surface area contributed by atoms with E-state index >= 15 is 0 Å². The van der Waals surface area contributed by atoms with Gasteiger partial charge in [0.2, 0.25) is 6.23 Å². The predicted molar refractivity (Wildman–Crippen MR) is 121 cm³/mol. The lowest BCUT2D eigenvalue weighted by Crippen LogP contribution is -2.42. The molecule has 8 heteroatoms. The van der Waals surface area contributed by atoms with E-state index in [0.717, 1.165) is 23.4 Å². The minimum absolute atomic E-state index is 0.0495. The molecule has 1 aliphatic heterocycles. The minimum atomic E-state index is -1.000. The summed E-state index contributed by atoms with van der Waals surface area (Å²) in [5.41, 5.74) is 1.05. The van der Waals surface area contributed by atoms with E-state index in [0.29, 0.717) is 25.3 Å². The Morgan fingerprint density at radius 1 is 1.06 bits per heavy atom. The number of aromatic nitrogens is 1. The summed E-state index contributed by atoms with van der Waals surface area (Å²) < 4.78 is 18.2. The summed E-state index contributed by atoms with van der Waals surface area (Å²) in [6, 6.07) is 18.8. The predicted octanol–water partition coefficient (Wildman–Crippen LogP) is 3.94. The molecular weight excluding hydrogens is 432 g/mol. The maximum atomic E-state index is 13.1. The van der Waals surface area contributed by atoms with Crippen molar-refractivity contribution >= 4 is 17.6 Å². The summed E-state index contributed by atoms with van der Waals surface area (Å²) in [5, 5.41) is -0.0495. The van der Waals surface area contributed by atoms with E-state index in [9.17, 15) is 9.59 Å². The van der Waals surface area contributed by atoms with Crippen LogP contribution in [0, 0.1) is 0 Å². The molecular formula is C24H25ClN2O5. The lowest BCUT2D eigenvalue weighted by atomic mass is 9.96. The number of carbonyl (C=O) groups is 1. The monoisotopic (exact) mass is 456 g/mol. The molecule has 32 heavy (non-hydrogen) atoms. The average Bonchev–Trinajstić information content (AvgIpc) is 3.12. The van der Waals surface area contributed by atoms with Gasteiger partial charge in [0.05, 0.1) is 19.1 Å². The highest BCUT2D eigenvalue weighted by Gasteiger charge is 2.34. The van der Waals surface area contributed by atoms with Gasteiger partial charge >= 0.3 is 11.5 Å². The van der Waals surface area contributed by atoms with E-state index in [1.54, 1.807) is 12.1 Å². The van der Waals surface area contributed by atoms with E-state index in [1.807, 2.05) is 48.5 Å². The van der Waals surface area contributed by atoms with Gasteiger partial charge in [-0.3, -0.25) is 14.5 Å². The second-order valence-corrected chi connectivity index (χ2v) is 8.04. The molecule has 1 aromatic heterocycles. The van der Waals surface area contributed by atoms with Crippen LogP contribution in [0.4, 0.5) is 0 Å². The van der Waals surface area contributed by atoms with Crippen molar-refractivity contribution in [2.75, 3.05) is 32.8 Å². The first-order chi connectivity index (χ1) is 15.5. The standard InChI is InChI=1S/C24H25ClN2O5/c1-17(28)31-24(27-23(29)21(25)22(32-27)19-10-6-3-7-11-19)20(18-8-4-2-5-9-18)16-26-12-14-30-15-13-26/h2-11,20,24H,12-16H2,1H3. The third-order valence-electron chi connectivity index (χ3n) is 5.46. The second-order valence-electron chi connectivity index (χ2n) is 7.66. The molecule has 168 valence electrons. The molecule has 1 saturated heterocycles. The molecule has 2 atom stereocenters. The number of hydrogen-bond donors (Lipinski definition) is 0. The average molecular weight is 457 g/mol. The van der Waals surface area contributed by atoms with Crippen molar-refractivity contribution in [1.29, 1.82) is 0 Å². The Kier molecular flexibility index (Phi) is 7.09. The molecule has 1 fully saturated rings. The summed E-state index contributed by atoms with van der Waals surface area (Å²) in [4.78, 5) is 27.4. The molecule has 2 heterocycles. The van der Waals surface area contributed by atoms with E-state index < -0.39 is 17.8 Å². The fourth-order valence-electron chi connectivity index (χ4n) is 3.90. The van der Waals surface area contributed by atoms with E-state index in [2.05, 4.69) is 4.90 Å². The number of nitrogens with zero attached hydrogens (tertiary/aromatic N) is 2. The Bertz CT molecular complexity index is 1090. The molecule has 7 nitrogen and oxygen atoms in total. The maximum absolute atomic E-state index is 13.1. The first kappa shape index (κ1) is 22.3. The van der Waals surface area contributed by atoms with Gasteiger partial charge in [0.25, 0.3) is 0 Å². The molecule has 2 aromatic carbocycles. The van der Waals surface area contributed by atoms with Crippen molar-refractivity contribution < 1.29 is 18.8 Å². The van der Waals surface area contributed by atoms with Crippen LogP contribution >= 0.6 is 11.6 Å². The fourth-order valence-corrected chi connectivity index (χ4v) is 4.12. The van der Waals surface area contributed by atoms with Crippen LogP contribution in [0.2, 0.25) is 5.02 Å². The highest BCUT2D eigenvalue weighted by molar-refractivity contribution is 6.32. The summed E-state index contributed by atoms with van der Waals surface area (Å²) in [5.74, 6) is -0.632. The molecule has 2 unspecified atom stereocenters.